The maximum Gasteiger partial charge on any atom is 0.344 e. The molecule has 122 valence electrons. The highest BCUT2D eigenvalue weighted by Crippen LogP contribution is 2.32. The Balaban J connectivity index is 2.02. The maximum absolute atomic E-state index is 12.0. The average molecular weight is 322 g/mol. The van der Waals surface area contributed by atoms with Gasteiger partial charge in [0.05, 0.1) is 0 Å². The molecule has 1 aromatic rings. The fourth-order valence-corrected chi connectivity index (χ4v) is 2.75. The van der Waals surface area contributed by atoms with Gasteiger partial charge in [0.2, 0.25) is 6.10 Å². The largest absolute Gasteiger partial charge is 0.459 e. The SMILES string of the molecule is CC(=O)O[C@@H]1[C@H](OC(C)=O)[C@H]2COC(=O)c3ccc[n+](c3)[C@@H]1O2. The standard InChI is InChI=1S/C15H16NO7/c1-8(17)21-12-11-7-20-15(19)10-4-3-5-16(6-10)14(23-11)13(12)22-9(2)18/h3-6,11-14H,7H2,1-2H3/q+1/t11-,12-,13-,14-/m1/s1. The Hall–Kier alpha value is -2.48. The van der Waals surface area contributed by atoms with Crippen LogP contribution in [-0.2, 0) is 28.5 Å². The Bertz CT molecular complexity index is 659. The van der Waals surface area contributed by atoms with Gasteiger partial charge in [-0.3, -0.25) is 9.59 Å². The Labute approximate surface area is 131 Å². The average Bonchev–Trinajstić information content (AvgIpc) is 2.82. The number of hydrogen-bond donors (Lipinski definition) is 0. The Morgan fingerprint density at radius 2 is 1.91 bits per heavy atom. The molecule has 3 heterocycles. The first-order chi connectivity index (χ1) is 11.0. The number of fused-ring (bicyclic) bond motifs is 5. The first-order valence-electron chi connectivity index (χ1n) is 7.13. The van der Waals surface area contributed by atoms with Crippen LogP contribution in [0.1, 0.15) is 30.4 Å². The van der Waals surface area contributed by atoms with Gasteiger partial charge < -0.3 is 18.9 Å². The van der Waals surface area contributed by atoms with Crippen LogP contribution in [0.2, 0.25) is 0 Å². The van der Waals surface area contributed by atoms with E-state index in [1.807, 2.05) is 0 Å². The summed E-state index contributed by atoms with van der Waals surface area (Å²) in [6.45, 7) is 2.41. The molecule has 0 amide bonds. The van der Waals surface area contributed by atoms with E-state index in [0.29, 0.717) is 5.56 Å². The lowest BCUT2D eigenvalue weighted by molar-refractivity contribution is -0.765. The topological polar surface area (TPSA) is 92.0 Å². The van der Waals surface area contributed by atoms with Gasteiger partial charge in [-0.25, -0.2) is 4.79 Å². The van der Waals surface area contributed by atoms with Crippen LogP contribution >= 0.6 is 0 Å². The molecule has 0 unspecified atom stereocenters. The van der Waals surface area contributed by atoms with Crippen LogP contribution in [0.25, 0.3) is 0 Å². The van der Waals surface area contributed by atoms with Crippen LogP contribution in [0.4, 0.5) is 0 Å². The lowest BCUT2D eigenvalue weighted by Gasteiger charge is -2.22. The molecule has 1 aromatic heterocycles. The second-order valence-corrected chi connectivity index (χ2v) is 5.35. The first-order valence-corrected chi connectivity index (χ1v) is 7.13. The van der Waals surface area contributed by atoms with Crippen molar-refractivity contribution in [3.63, 3.8) is 0 Å². The Morgan fingerprint density at radius 1 is 1.22 bits per heavy atom. The molecule has 4 atom stereocenters. The third-order valence-electron chi connectivity index (χ3n) is 3.62. The van der Waals surface area contributed by atoms with Crippen LogP contribution in [0, 0.1) is 0 Å². The van der Waals surface area contributed by atoms with Crippen LogP contribution in [0.15, 0.2) is 24.5 Å². The van der Waals surface area contributed by atoms with Crippen molar-refractivity contribution in [1.29, 1.82) is 0 Å². The van der Waals surface area contributed by atoms with Gasteiger partial charge >= 0.3 is 24.1 Å². The smallest absolute Gasteiger partial charge is 0.344 e. The van der Waals surface area contributed by atoms with Crippen LogP contribution in [0.5, 0.6) is 0 Å². The summed E-state index contributed by atoms with van der Waals surface area (Å²) in [5, 5.41) is 0. The van der Waals surface area contributed by atoms with Crippen molar-refractivity contribution in [2.45, 2.75) is 38.4 Å². The number of carbonyl (C=O) groups is 3. The molecule has 2 aliphatic rings. The summed E-state index contributed by atoms with van der Waals surface area (Å²) >= 11 is 0. The highest BCUT2D eigenvalue weighted by molar-refractivity contribution is 5.88. The number of carbonyl (C=O) groups excluding carboxylic acids is 3. The van der Waals surface area contributed by atoms with E-state index < -0.39 is 42.4 Å². The second-order valence-electron chi connectivity index (χ2n) is 5.35. The number of cyclic esters (lactones) is 1. The zero-order chi connectivity index (χ0) is 16.6. The van der Waals surface area contributed by atoms with Gasteiger partial charge in [-0.05, 0) is 6.07 Å². The van der Waals surface area contributed by atoms with E-state index in [0.717, 1.165) is 0 Å². The van der Waals surface area contributed by atoms with Crippen molar-refractivity contribution >= 4 is 17.9 Å². The van der Waals surface area contributed by atoms with E-state index in [1.165, 1.54) is 13.8 Å². The summed E-state index contributed by atoms with van der Waals surface area (Å²) in [6.07, 6.45) is 0.0851. The maximum atomic E-state index is 12.0. The van der Waals surface area contributed by atoms with E-state index >= 15 is 0 Å². The number of ether oxygens (including phenoxy) is 4. The lowest BCUT2D eigenvalue weighted by Crippen LogP contribution is -2.49. The van der Waals surface area contributed by atoms with E-state index in [9.17, 15) is 14.4 Å². The molecule has 0 radical (unpaired) electrons. The van der Waals surface area contributed by atoms with Gasteiger partial charge in [-0.1, -0.05) is 0 Å². The highest BCUT2D eigenvalue weighted by atomic mass is 16.7. The molecule has 1 fully saturated rings. The molecule has 8 nitrogen and oxygen atoms in total. The molecule has 8 heteroatoms. The predicted molar refractivity (Wildman–Crippen MR) is 71.9 cm³/mol. The quantitative estimate of drug-likeness (QED) is 0.427. The van der Waals surface area contributed by atoms with Gasteiger partial charge in [-0.15, -0.1) is 0 Å². The molecule has 0 spiro atoms. The van der Waals surface area contributed by atoms with E-state index in [4.69, 9.17) is 18.9 Å². The van der Waals surface area contributed by atoms with Gasteiger partial charge in [0.15, 0.2) is 18.5 Å². The minimum absolute atomic E-state index is 0.107. The molecular weight excluding hydrogens is 306 g/mol. The Morgan fingerprint density at radius 3 is 2.61 bits per heavy atom. The minimum Gasteiger partial charge on any atom is -0.459 e. The van der Waals surface area contributed by atoms with Crippen molar-refractivity contribution < 1.29 is 37.9 Å². The molecule has 3 rings (SSSR count). The van der Waals surface area contributed by atoms with Crippen molar-refractivity contribution in [2.24, 2.45) is 0 Å². The van der Waals surface area contributed by atoms with Crippen molar-refractivity contribution in [3.8, 4) is 0 Å². The highest BCUT2D eigenvalue weighted by Gasteiger charge is 2.55. The number of pyridine rings is 1. The fourth-order valence-electron chi connectivity index (χ4n) is 2.75. The Kier molecular flexibility index (Phi) is 3.99. The van der Waals surface area contributed by atoms with Crippen molar-refractivity contribution in [2.75, 3.05) is 6.61 Å². The van der Waals surface area contributed by atoms with Gasteiger partial charge in [0.1, 0.15) is 18.3 Å². The monoisotopic (exact) mass is 322 g/mol. The van der Waals surface area contributed by atoms with Crippen LogP contribution in [-0.4, -0.2) is 42.8 Å². The van der Waals surface area contributed by atoms with Crippen molar-refractivity contribution in [3.05, 3.63) is 30.1 Å². The summed E-state index contributed by atoms with van der Waals surface area (Å²) in [7, 11) is 0. The van der Waals surface area contributed by atoms with Gasteiger partial charge in [0, 0.05) is 19.9 Å². The van der Waals surface area contributed by atoms with E-state index in [1.54, 1.807) is 29.1 Å². The molecule has 0 aliphatic carbocycles. The molecular formula is C15H16NO7+. The molecule has 2 aliphatic heterocycles. The normalized spacial score (nSPS) is 28.9. The van der Waals surface area contributed by atoms with Gasteiger partial charge in [-0.2, -0.15) is 4.57 Å². The third-order valence-corrected chi connectivity index (χ3v) is 3.62. The summed E-state index contributed by atoms with van der Waals surface area (Å²) in [4.78, 5) is 34.8. The number of nitrogens with zero attached hydrogens (tertiary/aromatic N) is 1. The first kappa shape index (κ1) is 15.4. The summed E-state index contributed by atoms with van der Waals surface area (Å²) < 4.78 is 23.2. The third kappa shape index (κ3) is 3.02. The number of hydrogen-bond acceptors (Lipinski definition) is 7. The molecule has 0 saturated carbocycles. The van der Waals surface area contributed by atoms with E-state index in [-0.39, 0.29) is 6.61 Å². The predicted octanol–water partition coefficient (Wildman–Crippen LogP) is -0.0947. The second kappa shape index (κ2) is 5.96. The molecule has 0 aromatic carbocycles. The zero-order valence-electron chi connectivity index (χ0n) is 12.6. The number of aromatic nitrogens is 1. The lowest BCUT2D eigenvalue weighted by atomic mass is 10.1. The number of esters is 3. The van der Waals surface area contributed by atoms with Gasteiger partial charge in [0.25, 0.3) is 0 Å². The summed E-state index contributed by atoms with van der Waals surface area (Å²) in [5.41, 5.74) is 0.356. The molecule has 0 N–H and O–H groups in total. The molecule has 4 bridgehead atoms. The molecule has 23 heavy (non-hydrogen) atoms. The zero-order valence-corrected chi connectivity index (χ0v) is 12.6. The number of rotatable bonds is 2. The van der Waals surface area contributed by atoms with Crippen LogP contribution in [0.3, 0.4) is 0 Å². The minimum atomic E-state index is -0.858. The van der Waals surface area contributed by atoms with Crippen molar-refractivity contribution in [1.82, 2.24) is 0 Å². The fraction of sp³-hybridized carbons (Fsp3) is 0.467. The molecule has 1 saturated heterocycles. The van der Waals surface area contributed by atoms with Crippen LogP contribution < -0.4 is 4.57 Å². The summed E-state index contributed by atoms with van der Waals surface area (Å²) in [6, 6.07) is 3.27. The van der Waals surface area contributed by atoms with E-state index in [2.05, 4.69) is 0 Å². The summed E-state index contributed by atoms with van der Waals surface area (Å²) in [5.74, 6) is -1.56.